The second kappa shape index (κ2) is 3.13. The van der Waals surface area contributed by atoms with E-state index in [1.54, 1.807) is 24.3 Å². The summed E-state index contributed by atoms with van der Waals surface area (Å²) in [7, 11) is 0.0697. The summed E-state index contributed by atoms with van der Waals surface area (Å²) in [5.74, 6) is 0. The highest BCUT2D eigenvalue weighted by molar-refractivity contribution is 7.72. The third-order valence-electron chi connectivity index (χ3n) is 1.10. The Morgan fingerprint density at radius 3 is 2.00 bits per heavy atom. The molecule has 2 nitrogen and oxygen atoms in total. The maximum atomic E-state index is 10.3. The van der Waals surface area contributed by atoms with Gasteiger partial charge in [0.1, 0.15) is 0 Å². The van der Waals surface area contributed by atoms with Crippen molar-refractivity contribution in [2.75, 3.05) is 0 Å². The van der Waals surface area contributed by atoms with Crippen LogP contribution in [0.15, 0.2) is 29.2 Å². The van der Waals surface area contributed by atoms with E-state index in [9.17, 15) is 8.42 Å². The molecule has 54 valence electrons. The van der Waals surface area contributed by atoms with Gasteiger partial charge in [0.25, 0.3) is 0 Å². The first-order chi connectivity index (χ1) is 4.70. The Labute approximate surface area is 63.4 Å². The number of hydrogen-bond donors (Lipinski definition) is 1. The zero-order valence-electron chi connectivity index (χ0n) is 5.15. The van der Waals surface area contributed by atoms with Crippen molar-refractivity contribution in [3.05, 3.63) is 24.3 Å². The van der Waals surface area contributed by atoms with Gasteiger partial charge in [0.05, 0.1) is 4.90 Å². The molecule has 0 saturated heterocycles. The molecule has 1 atom stereocenters. The number of rotatable bonds is 1. The number of thiol groups is 1. The molecule has 0 aliphatic carbocycles. The van der Waals surface area contributed by atoms with E-state index in [1.807, 2.05) is 0 Å². The van der Waals surface area contributed by atoms with Gasteiger partial charge in [0.15, 0.2) is 10.7 Å². The second-order valence-electron chi connectivity index (χ2n) is 1.85. The molecule has 0 bridgehead atoms. The van der Waals surface area contributed by atoms with Crippen LogP contribution in [0.3, 0.4) is 0 Å². The molecule has 0 spiro atoms. The summed E-state index contributed by atoms with van der Waals surface area (Å²) in [5, 5.41) is 0.987. The van der Waals surface area contributed by atoms with Gasteiger partial charge in [0.2, 0.25) is 0 Å². The fourth-order valence-electron chi connectivity index (χ4n) is 0.596. The van der Waals surface area contributed by atoms with Crippen LogP contribution < -0.4 is 5.30 Å². The zero-order valence-corrected chi connectivity index (χ0v) is 7.20. The average Bonchev–Trinajstić information content (AvgIpc) is 1.88. The average molecular weight is 174 g/mol. The van der Waals surface area contributed by atoms with Crippen molar-refractivity contribution in [2.24, 2.45) is 0 Å². The van der Waals surface area contributed by atoms with E-state index in [1.165, 1.54) is 0 Å². The minimum atomic E-state index is -2.42. The quantitative estimate of drug-likeness (QED) is 0.486. The molecule has 10 heavy (non-hydrogen) atoms. The van der Waals surface area contributed by atoms with Crippen LogP contribution in [0, 0.1) is 0 Å². The molecule has 0 fully saturated rings. The molecule has 1 aromatic carbocycles. The summed E-state index contributed by atoms with van der Waals surface area (Å²) in [6, 6.07) is 6.64. The van der Waals surface area contributed by atoms with E-state index in [0.29, 0.717) is 4.90 Å². The molecule has 4 heteroatoms. The molecule has 0 N–H and O–H groups in total. The van der Waals surface area contributed by atoms with Gasteiger partial charge in [-0.15, -0.1) is 9.24 Å². The smallest absolute Gasteiger partial charge is 0.168 e. The monoisotopic (exact) mass is 174 g/mol. The van der Waals surface area contributed by atoms with Crippen LogP contribution in [0.4, 0.5) is 0 Å². The first-order valence-electron chi connectivity index (χ1n) is 2.70. The fourth-order valence-corrected chi connectivity index (χ4v) is 1.18. The molecule has 0 aliphatic heterocycles. The maximum absolute atomic E-state index is 10.3. The highest BCUT2D eigenvalue weighted by Gasteiger charge is 1.90. The normalized spacial score (nSPS) is 10.2. The zero-order chi connectivity index (χ0) is 7.56. The van der Waals surface area contributed by atoms with Crippen molar-refractivity contribution in [1.29, 1.82) is 0 Å². The van der Waals surface area contributed by atoms with Crippen LogP contribution in [0.25, 0.3) is 0 Å². The summed E-state index contributed by atoms with van der Waals surface area (Å²) in [4.78, 5) is 0.362. The minimum absolute atomic E-state index is 0.362. The Kier molecular flexibility index (Phi) is 2.41. The second-order valence-corrected chi connectivity index (χ2v) is 3.55. The molecule has 1 unspecified atom stereocenters. The Hall–Kier alpha value is -0.400. The van der Waals surface area contributed by atoms with Crippen LogP contribution in [0.5, 0.6) is 0 Å². The lowest BCUT2D eigenvalue weighted by molar-refractivity contribution is 0.614. The summed E-state index contributed by atoms with van der Waals surface area (Å²) < 4.78 is 20.7. The largest absolute Gasteiger partial charge is 0.227 e. The van der Waals surface area contributed by atoms with Gasteiger partial charge in [-0.1, -0.05) is 12.1 Å². The van der Waals surface area contributed by atoms with Crippen molar-refractivity contribution in [3.63, 3.8) is 0 Å². The molecule has 0 amide bonds. The number of hydrogen-bond acceptors (Lipinski definition) is 2. The molecule has 1 aromatic rings. The van der Waals surface area contributed by atoms with Crippen LogP contribution in [-0.4, -0.2) is 8.42 Å². The lowest BCUT2D eigenvalue weighted by Crippen LogP contribution is -1.88. The molecule has 0 heterocycles. The van der Waals surface area contributed by atoms with E-state index in [-0.39, 0.29) is 0 Å². The molecular formula is C6H7O2PS. The summed E-state index contributed by atoms with van der Waals surface area (Å²) >= 11 is 0. The predicted octanol–water partition coefficient (Wildman–Crippen LogP) is 0.157. The number of benzene rings is 1. The SMILES string of the molecule is O=[SH](=O)c1ccc(P)cc1. The van der Waals surface area contributed by atoms with Crippen molar-refractivity contribution < 1.29 is 8.42 Å². The Balaban J connectivity index is 3.12. The lowest BCUT2D eigenvalue weighted by atomic mass is 10.4. The Morgan fingerprint density at radius 1 is 1.10 bits per heavy atom. The lowest BCUT2D eigenvalue weighted by Gasteiger charge is -1.90. The van der Waals surface area contributed by atoms with Crippen LogP contribution in [0.1, 0.15) is 0 Å². The molecule has 0 aromatic heterocycles. The van der Waals surface area contributed by atoms with E-state index >= 15 is 0 Å². The Bertz CT molecular complexity index is 281. The fraction of sp³-hybridized carbons (Fsp3) is 0. The van der Waals surface area contributed by atoms with Gasteiger partial charge < -0.3 is 0 Å². The molecule has 0 radical (unpaired) electrons. The predicted molar refractivity (Wildman–Crippen MR) is 44.4 cm³/mol. The summed E-state index contributed by atoms with van der Waals surface area (Å²) in [6.45, 7) is 0. The Morgan fingerprint density at radius 2 is 1.60 bits per heavy atom. The maximum Gasteiger partial charge on any atom is 0.168 e. The van der Waals surface area contributed by atoms with Crippen LogP contribution >= 0.6 is 9.24 Å². The van der Waals surface area contributed by atoms with Crippen molar-refractivity contribution >= 4 is 25.2 Å². The molecule has 0 aliphatic rings. The highest BCUT2D eigenvalue weighted by atomic mass is 32.2. The van der Waals surface area contributed by atoms with E-state index in [0.717, 1.165) is 5.30 Å². The summed E-state index contributed by atoms with van der Waals surface area (Å²) in [5.41, 5.74) is 0. The minimum Gasteiger partial charge on any atom is -0.227 e. The van der Waals surface area contributed by atoms with Gasteiger partial charge in [-0.3, -0.25) is 0 Å². The van der Waals surface area contributed by atoms with Crippen molar-refractivity contribution in [2.45, 2.75) is 4.90 Å². The standard InChI is InChI=1S/C6H7O2PS/c7-10(8)6-3-1-5(9)2-4-6/h1-4,10H,9H2. The molecule has 1 rings (SSSR count). The van der Waals surface area contributed by atoms with Crippen molar-refractivity contribution in [3.8, 4) is 0 Å². The first kappa shape index (κ1) is 7.70. The molecular weight excluding hydrogens is 167 g/mol. The van der Waals surface area contributed by atoms with Crippen LogP contribution in [0.2, 0.25) is 0 Å². The van der Waals surface area contributed by atoms with E-state index in [2.05, 4.69) is 9.24 Å². The topological polar surface area (TPSA) is 34.1 Å². The van der Waals surface area contributed by atoms with Crippen molar-refractivity contribution in [1.82, 2.24) is 0 Å². The highest BCUT2D eigenvalue weighted by Crippen LogP contribution is 1.99. The van der Waals surface area contributed by atoms with Crippen LogP contribution in [-0.2, 0) is 10.7 Å². The van der Waals surface area contributed by atoms with E-state index in [4.69, 9.17) is 0 Å². The summed E-state index contributed by atoms with van der Waals surface area (Å²) in [6.07, 6.45) is 0. The van der Waals surface area contributed by atoms with Gasteiger partial charge >= 0.3 is 0 Å². The van der Waals surface area contributed by atoms with Gasteiger partial charge in [-0.05, 0) is 17.4 Å². The first-order valence-corrected chi connectivity index (χ1v) is 4.45. The van der Waals surface area contributed by atoms with Gasteiger partial charge in [-0.2, -0.15) is 0 Å². The third kappa shape index (κ3) is 1.79. The van der Waals surface area contributed by atoms with Gasteiger partial charge in [0, 0.05) is 0 Å². The van der Waals surface area contributed by atoms with Gasteiger partial charge in [-0.25, -0.2) is 8.42 Å². The third-order valence-corrected chi connectivity index (χ3v) is 2.21. The molecule has 0 saturated carbocycles. The van der Waals surface area contributed by atoms with E-state index < -0.39 is 10.7 Å².